The van der Waals surface area contributed by atoms with Gasteiger partial charge in [0, 0.05) is 46.2 Å². The molecule has 1 aliphatic heterocycles. The van der Waals surface area contributed by atoms with E-state index in [1.165, 1.54) is 21.7 Å². The molecule has 0 spiro atoms. The van der Waals surface area contributed by atoms with Crippen LogP contribution in [0.15, 0.2) is 67.3 Å². The molecule has 2 aromatic heterocycles. The molecule has 4 aromatic rings. The molecule has 0 amide bonds. The van der Waals surface area contributed by atoms with Crippen LogP contribution in [0.2, 0.25) is 10.2 Å². The molecule has 2 atom stereocenters. The Bertz CT molecular complexity index is 1570. The molecule has 1 saturated heterocycles. The van der Waals surface area contributed by atoms with Crippen LogP contribution < -0.4 is 0 Å². The second-order valence-corrected chi connectivity index (χ2v) is 12.7. The molecule has 36 heavy (non-hydrogen) atoms. The Hall–Kier alpha value is -2.33. The highest BCUT2D eigenvalue weighted by atomic mass is 35.5. The van der Waals surface area contributed by atoms with Crippen LogP contribution in [0.3, 0.4) is 0 Å². The summed E-state index contributed by atoms with van der Waals surface area (Å²) in [6.45, 7) is 5.15. The smallest absolute Gasteiger partial charge is 0.225 e. The van der Waals surface area contributed by atoms with Gasteiger partial charge in [0.05, 0.1) is 11.6 Å². The Kier molecular flexibility index (Phi) is 7.18. The molecule has 0 bridgehead atoms. The minimum absolute atomic E-state index is 0.0949. The fourth-order valence-corrected chi connectivity index (χ4v) is 8.18. The van der Waals surface area contributed by atoms with E-state index in [1.54, 1.807) is 12.1 Å². The summed E-state index contributed by atoms with van der Waals surface area (Å²) >= 11 is 13.5. The predicted octanol–water partition coefficient (Wildman–Crippen LogP) is 5.70. The van der Waals surface area contributed by atoms with Crippen LogP contribution in [0.4, 0.5) is 0 Å². The average Bonchev–Trinajstić information content (AvgIpc) is 3.27. The molecule has 0 aliphatic carbocycles. The first-order valence-corrected chi connectivity index (χ1v) is 14.4. The van der Waals surface area contributed by atoms with Crippen molar-refractivity contribution in [1.82, 2.24) is 14.2 Å². The van der Waals surface area contributed by atoms with E-state index in [0.717, 1.165) is 32.8 Å². The Morgan fingerprint density at radius 2 is 1.89 bits per heavy atom. The molecule has 6 nitrogen and oxygen atoms in total. The molecule has 3 heterocycles. The van der Waals surface area contributed by atoms with Gasteiger partial charge in [0.2, 0.25) is 10.0 Å². The number of thiophene rings is 1. The third-order valence-electron chi connectivity index (χ3n) is 6.44. The van der Waals surface area contributed by atoms with Gasteiger partial charge in [-0.1, -0.05) is 41.4 Å². The third-order valence-corrected chi connectivity index (χ3v) is 10.4. The lowest BCUT2D eigenvalue weighted by molar-refractivity contribution is -0.114. The first-order chi connectivity index (χ1) is 17.3. The van der Waals surface area contributed by atoms with Crippen molar-refractivity contribution in [3.8, 4) is 0 Å². The van der Waals surface area contributed by atoms with E-state index in [9.17, 15) is 13.2 Å². The van der Waals surface area contributed by atoms with Gasteiger partial charge in [0.15, 0.2) is 0 Å². The molecule has 1 fully saturated rings. The van der Waals surface area contributed by atoms with Crippen molar-refractivity contribution in [2.24, 2.45) is 0 Å². The second-order valence-electron chi connectivity index (χ2n) is 8.73. The van der Waals surface area contributed by atoms with E-state index < -0.39 is 21.3 Å². The van der Waals surface area contributed by atoms with Crippen molar-refractivity contribution in [3.63, 3.8) is 0 Å². The van der Waals surface area contributed by atoms with Gasteiger partial charge in [0.1, 0.15) is 16.7 Å². The second kappa shape index (κ2) is 10.2. The highest BCUT2D eigenvalue weighted by molar-refractivity contribution is 7.89. The van der Waals surface area contributed by atoms with E-state index in [0.29, 0.717) is 34.7 Å². The van der Waals surface area contributed by atoms with E-state index in [2.05, 4.69) is 11.6 Å². The fourth-order valence-electron chi connectivity index (χ4n) is 4.57. The minimum Gasteiger partial charge on any atom is -0.302 e. The number of hydrogen-bond acceptors (Lipinski definition) is 6. The summed E-state index contributed by atoms with van der Waals surface area (Å²) in [5.74, 6) is 0. The van der Waals surface area contributed by atoms with Gasteiger partial charge >= 0.3 is 0 Å². The maximum absolute atomic E-state index is 13.6. The van der Waals surface area contributed by atoms with Crippen molar-refractivity contribution in [2.45, 2.75) is 17.8 Å². The van der Waals surface area contributed by atoms with Gasteiger partial charge < -0.3 is 4.79 Å². The quantitative estimate of drug-likeness (QED) is 0.165. The van der Waals surface area contributed by atoms with Gasteiger partial charge in [-0.2, -0.15) is 4.31 Å². The first-order valence-electron chi connectivity index (χ1n) is 11.3. The summed E-state index contributed by atoms with van der Waals surface area (Å²) in [7, 11) is -3.77. The Labute approximate surface area is 223 Å². The molecule has 2 unspecified atom stereocenters. The number of benzene rings is 2. The van der Waals surface area contributed by atoms with Gasteiger partial charge in [-0.3, -0.25) is 4.90 Å². The van der Waals surface area contributed by atoms with Crippen LogP contribution >= 0.6 is 34.5 Å². The Morgan fingerprint density at radius 3 is 2.67 bits per heavy atom. The summed E-state index contributed by atoms with van der Waals surface area (Å²) in [5, 5.41) is 2.03. The zero-order valence-electron chi connectivity index (χ0n) is 19.2. The first kappa shape index (κ1) is 25.3. The molecule has 186 valence electrons. The monoisotopic (exact) mass is 559 g/mol. The molecule has 2 aromatic carbocycles. The highest BCUT2D eigenvalue weighted by Crippen LogP contribution is 2.37. The fraction of sp³-hybridized carbons (Fsp3) is 0.231. The zero-order chi connectivity index (χ0) is 25.4. The normalized spacial score (nSPS) is 18.4. The summed E-state index contributed by atoms with van der Waals surface area (Å²) in [6, 6.07) is 16.3. The molecular formula is C26H23Cl2N3O3S2. The standard InChI is InChI=1S/C26H23Cl2N3O3S2/c1-2-25(24-12-19-4-6-20(27)13-23(19)35-24)36(33,34)31-10-9-30(21(15-31)16-32)14-17-3-7-22-18(11-17)5-8-26(28)29-22/h2-8,11-13,16,21,25H,1,9-10,14-15H2. The number of hydrogen-bond donors (Lipinski definition) is 0. The molecule has 10 heteroatoms. The summed E-state index contributed by atoms with van der Waals surface area (Å²) in [4.78, 5) is 19.0. The number of piperazine rings is 1. The van der Waals surface area contributed by atoms with Crippen LogP contribution in [0.1, 0.15) is 15.7 Å². The molecule has 1 aliphatic rings. The number of rotatable bonds is 7. The number of nitrogens with zero attached hydrogens (tertiary/aromatic N) is 3. The van der Waals surface area contributed by atoms with Crippen LogP contribution in [0.25, 0.3) is 21.0 Å². The largest absolute Gasteiger partial charge is 0.302 e. The number of halogens is 2. The van der Waals surface area contributed by atoms with Gasteiger partial charge in [-0.15, -0.1) is 17.9 Å². The van der Waals surface area contributed by atoms with E-state index in [-0.39, 0.29) is 6.54 Å². The maximum Gasteiger partial charge on any atom is 0.225 e. The number of fused-ring (bicyclic) bond motifs is 2. The van der Waals surface area contributed by atoms with E-state index >= 15 is 0 Å². The van der Waals surface area contributed by atoms with Crippen molar-refractivity contribution >= 4 is 71.8 Å². The number of pyridine rings is 1. The molecule has 0 saturated carbocycles. The topological polar surface area (TPSA) is 70.6 Å². The van der Waals surface area contributed by atoms with Crippen molar-refractivity contribution in [3.05, 3.63) is 87.9 Å². The van der Waals surface area contributed by atoms with Crippen LogP contribution in [-0.4, -0.2) is 54.6 Å². The number of aldehydes is 1. The average molecular weight is 561 g/mol. The minimum atomic E-state index is -3.77. The Balaban J connectivity index is 1.34. The number of sulfonamides is 1. The molecule has 0 radical (unpaired) electrons. The van der Waals surface area contributed by atoms with Crippen LogP contribution in [0, 0.1) is 0 Å². The molecule has 5 rings (SSSR count). The summed E-state index contributed by atoms with van der Waals surface area (Å²) in [5.41, 5.74) is 1.82. The van der Waals surface area contributed by atoms with Crippen molar-refractivity contribution in [2.75, 3.05) is 19.6 Å². The predicted molar refractivity (Wildman–Crippen MR) is 147 cm³/mol. The highest BCUT2D eigenvalue weighted by Gasteiger charge is 2.38. The maximum atomic E-state index is 13.6. The van der Waals surface area contributed by atoms with Gasteiger partial charge in [-0.05, 0) is 53.4 Å². The number of aromatic nitrogens is 1. The van der Waals surface area contributed by atoms with Gasteiger partial charge in [0.25, 0.3) is 0 Å². The Morgan fingerprint density at radius 1 is 1.08 bits per heavy atom. The molecular weight excluding hydrogens is 537 g/mol. The van der Waals surface area contributed by atoms with Crippen molar-refractivity contribution in [1.29, 1.82) is 0 Å². The van der Waals surface area contributed by atoms with E-state index in [1.807, 2.05) is 47.4 Å². The zero-order valence-corrected chi connectivity index (χ0v) is 22.3. The number of carbonyl (C=O) groups excluding carboxylic acids is 1. The van der Waals surface area contributed by atoms with Crippen LogP contribution in [0.5, 0.6) is 0 Å². The SMILES string of the molecule is C=CC(c1cc2ccc(Cl)cc2s1)S(=O)(=O)N1CCN(Cc2ccc3nc(Cl)ccc3c2)C(C=O)C1. The lowest BCUT2D eigenvalue weighted by Gasteiger charge is -2.39. The van der Waals surface area contributed by atoms with Crippen molar-refractivity contribution < 1.29 is 13.2 Å². The summed E-state index contributed by atoms with van der Waals surface area (Å²) in [6.07, 6.45) is 2.29. The van der Waals surface area contributed by atoms with Crippen LogP contribution in [-0.2, 0) is 21.4 Å². The third kappa shape index (κ3) is 4.94. The number of carbonyl (C=O) groups is 1. The summed E-state index contributed by atoms with van der Waals surface area (Å²) < 4.78 is 29.6. The lowest BCUT2D eigenvalue weighted by Crippen LogP contribution is -2.55. The van der Waals surface area contributed by atoms with Gasteiger partial charge in [-0.25, -0.2) is 13.4 Å². The lowest BCUT2D eigenvalue weighted by atomic mass is 10.1. The molecule has 0 N–H and O–H groups in total. The van der Waals surface area contributed by atoms with E-state index in [4.69, 9.17) is 23.2 Å².